The number of ether oxygens (including phenoxy) is 1. The number of hydrogen-bond acceptors (Lipinski definition) is 9. The van der Waals surface area contributed by atoms with Crippen molar-refractivity contribution in [1.29, 1.82) is 5.26 Å². The van der Waals surface area contributed by atoms with E-state index < -0.39 is 14.9 Å². The molecule has 12 heteroatoms. The molecule has 29 heavy (non-hydrogen) atoms. The highest BCUT2D eigenvalue weighted by molar-refractivity contribution is 7.91. The van der Waals surface area contributed by atoms with Gasteiger partial charge in [-0.25, -0.2) is 18.0 Å². The third kappa shape index (κ3) is 5.05. The summed E-state index contributed by atoms with van der Waals surface area (Å²) in [6.07, 6.45) is 4.94. The summed E-state index contributed by atoms with van der Waals surface area (Å²) in [6, 6.07) is 11.2. The first-order chi connectivity index (χ1) is 14.1. The number of rotatable bonds is 7. The highest BCUT2D eigenvalue weighted by Crippen LogP contribution is 2.25. The van der Waals surface area contributed by atoms with Crippen LogP contribution in [0.5, 0.6) is 5.88 Å². The number of nitrogens with one attached hydrogen (secondary N) is 2. The first-order valence-electron chi connectivity index (χ1n) is 8.23. The van der Waals surface area contributed by atoms with Crippen LogP contribution in [0.2, 0.25) is 0 Å². The molecule has 0 aliphatic rings. The van der Waals surface area contributed by atoms with Crippen LogP contribution in [0.1, 0.15) is 0 Å². The van der Waals surface area contributed by atoms with Gasteiger partial charge in [0.05, 0.1) is 23.3 Å². The molecule has 2 N–H and O–H groups in total. The molecule has 0 amide bonds. The van der Waals surface area contributed by atoms with Crippen LogP contribution in [0.3, 0.4) is 0 Å². The van der Waals surface area contributed by atoms with Crippen LogP contribution in [0, 0.1) is 11.5 Å². The lowest BCUT2D eigenvalue weighted by Gasteiger charge is -2.07. The Kier molecular flexibility index (Phi) is 6.33. The third-order valence-corrected chi connectivity index (χ3v) is 5.09. The van der Waals surface area contributed by atoms with Crippen molar-refractivity contribution in [3.8, 4) is 12.1 Å². The van der Waals surface area contributed by atoms with Crippen molar-refractivity contribution in [2.75, 3.05) is 18.5 Å². The molecule has 0 saturated heterocycles. The van der Waals surface area contributed by atoms with E-state index in [0.717, 1.165) is 0 Å². The maximum atomic E-state index is 12.6. The van der Waals surface area contributed by atoms with Gasteiger partial charge in [0.25, 0.3) is 10.9 Å². The Hall–Kier alpha value is -3.98. The van der Waals surface area contributed by atoms with Crippen molar-refractivity contribution in [3.63, 3.8) is 0 Å². The van der Waals surface area contributed by atoms with Gasteiger partial charge < -0.3 is 10.1 Å². The van der Waals surface area contributed by atoms with E-state index in [1.807, 2.05) is 0 Å². The van der Waals surface area contributed by atoms with Gasteiger partial charge in [-0.15, -0.1) is 0 Å². The fourth-order valence-corrected chi connectivity index (χ4v) is 3.37. The summed E-state index contributed by atoms with van der Waals surface area (Å²) in [6.45, 7) is 0.0613. The zero-order valence-electron chi connectivity index (χ0n) is 14.9. The molecule has 0 aliphatic heterocycles. The average molecular weight is 413 g/mol. The normalized spacial score (nSPS) is 11.5. The molecule has 0 atom stereocenters. The Labute approximate surface area is 165 Å². The van der Waals surface area contributed by atoms with Gasteiger partial charge >= 0.3 is 0 Å². The highest BCUT2D eigenvalue weighted by Gasteiger charge is 2.28. The number of benzene rings is 1. The first kappa shape index (κ1) is 19.8. The Morgan fingerprint density at radius 1 is 1.21 bits per heavy atom. The molecule has 0 bridgehead atoms. The second-order valence-corrected chi connectivity index (χ2v) is 7.24. The van der Waals surface area contributed by atoms with Crippen LogP contribution in [0.15, 0.2) is 74.4 Å². The topological polar surface area (TPSA) is 155 Å². The number of hydrogen-bond donors (Lipinski definition) is 2. The summed E-state index contributed by atoms with van der Waals surface area (Å²) >= 11 is 0. The maximum Gasteiger partial charge on any atom is 0.295 e. The summed E-state index contributed by atoms with van der Waals surface area (Å²) in [5.74, 6) is -0.0847. The minimum atomic E-state index is -3.93. The van der Waals surface area contributed by atoms with E-state index in [1.165, 1.54) is 12.1 Å². The number of anilines is 1. The van der Waals surface area contributed by atoms with Gasteiger partial charge in [-0.1, -0.05) is 18.2 Å². The van der Waals surface area contributed by atoms with E-state index in [2.05, 4.69) is 35.6 Å². The molecule has 3 aromatic rings. The van der Waals surface area contributed by atoms with Gasteiger partial charge in [0.1, 0.15) is 6.61 Å². The number of guanidine groups is 1. The number of sulfone groups is 1. The van der Waals surface area contributed by atoms with Crippen molar-refractivity contribution in [3.05, 3.63) is 54.9 Å². The standard InChI is InChI=1S/C17H15N7O4S/c18-12-21-17(22-13-5-4-8-19-11-13)20-9-10-27-15-16(24-28-23-15)29(25,26)14-6-2-1-3-7-14/h1-8,11H,9-10H2,(H2,20,21,22). The highest BCUT2D eigenvalue weighted by atomic mass is 32.2. The van der Waals surface area contributed by atoms with Crippen molar-refractivity contribution in [2.24, 2.45) is 4.99 Å². The molecular formula is C17H15N7O4S. The summed E-state index contributed by atoms with van der Waals surface area (Å²) < 4.78 is 35.1. The van der Waals surface area contributed by atoms with Crippen molar-refractivity contribution < 1.29 is 17.8 Å². The first-order valence-corrected chi connectivity index (χ1v) is 9.71. The molecule has 11 nitrogen and oxygen atoms in total. The quantitative estimate of drug-likeness (QED) is 0.190. The lowest BCUT2D eigenvalue weighted by molar-refractivity contribution is 0.260. The number of aliphatic imine (C=N–C) groups is 1. The molecular weight excluding hydrogens is 398 g/mol. The van der Waals surface area contributed by atoms with Gasteiger partial charge in [-0.05, 0) is 34.6 Å². The zero-order valence-corrected chi connectivity index (χ0v) is 15.7. The molecule has 0 fully saturated rings. The molecule has 0 spiro atoms. The van der Waals surface area contributed by atoms with Gasteiger partial charge in [-0.2, -0.15) is 5.26 Å². The number of aromatic nitrogens is 3. The molecule has 2 heterocycles. The predicted octanol–water partition coefficient (Wildman–Crippen LogP) is 1.21. The third-order valence-electron chi connectivity index (χ3n) is 3.44. The Morgan fingerprint density at radius 3 is 2.76 bits per heavy atom. The van der Waals surface area contributed by atoms with Gasteiger partial charge in [-0.3, -0.25) is 10.3 Å². The second kappa shape index (κ2) is 9.29. The van der Waals surface area contributed by atoms with E-state index >= 15 is 0 Å². The molecule has 0 unspecified atom stereocenters. The lowest BCUT2D eigenvalue weighted by Crippen LogP contribution is -2.27. The summed E-state index contributed by atoms with van der Waals surface area (Å²) in [5.41, 5.74) is 0.631. The molecule has 1 aromatic carbocycles. The van der Waals surface area contributed by atoms with Crippen LogP contribution in [-0.4, -0.2) is 42.8 Å². The summed E-state index contributed by atoms with van der Waals surface area (Å²) in [4.78, 5) is 8.14. The minimum Gasteiger partial charge on any atom is -0.471 e. The monoisotopic (exact) mass is 413 g/mol. The fourth-order valence-electron chi connectivity index (χ4n) is 2.17. The van der Waals surface area contributed by atoms with Crippen molar-refractivity contribution >= 4 is 21.5 Å². The van der Waals surface area contributed by atoms with Crippen LogP contribution >= 0.6 is 0 Å². The molecule has 3 rings (SSSR count). The lowest BCUT2D eigenvalue weighted by atomic mass is 10.4. The van der Waals surface area contributed by atoms with E-state index in [-0.39, 0.29) is 29.9 Å². The molecule has 0 saturated carbocycles. The number of nitrogens with zero attached hydrogens (tertiary/aromatic N) is 5. The molecule has 148 valence electrons. The Bertz CT molecular complexity index is 1110. The van der Waals surface area contributed by atoms with Crippen molar-refractivity contribution in [2.45, 2.75) is 9.92 Å². The Balaban J connectivity index is 1.64. The van der Waals surface area contributed by atoms with Gasteiger partial charge in [0.15, 0.2) is 6.19 Å². The number of nitriles is 1. The molecule has 0 radical (unpaired) electrons. The fraction of sp³-hybridized carbons (Fsp3) is 0.118. The van der Waals surface area contributed by atoms with E-state index in [9.17, 15) is 8.42 Å². The average Bonchev–Trinajstić information content (AvgIpc) is 3.22. The van der Waals surface area contributed by atoms with Crippen LogP contribution < -0.4 is 15.4 Å². The van der Waals surface area contributed by atoms with Gasteiger partial charge in [0, 0.05) is 6.20 Å². The second-order valence-electron chi connectivity index (χ2n) is 5.37. The smallest absolute Gasteiger partial charge is 0.295 e. The van der Waals surface area contributed by atoms with E-state index in [1.54, 1.807) is 48.9 Å². The van der Waals surface area contributed by atoms with Crippen molar-refractivity contribution in [1.82, 2.24) is 20.6 Å². The summed E-state index contributed by atoms with van der Waals surface area (Å²) in [5, 5.41) is 20.7. The summed E-state index contributed by atoms with van der Waals surface area (Å²) in [7, 11) is -3.93. The van der Waals surface area contributed by atoms with E-state index in [0.29, 0.717) is 5.69 Å². The van der Waals surface area contributed by atoms with Crippen LogP contribution in [-0.2, 0) is 9.84 Å². The molecule has 2 aromatic heterocycles. The van der Waals surface area contributed by atoms with Crippen LogP contribution in [0.25, 0.3) is 0 Å². The largest absolute Gasteiger partial charge is 0.471 e. The van der Waals surface area contributed by atoms with Gasteiger partial charge in [0.2, 0.25) is 15.8 Å². The maximum absolute atomic E-state index is 12.6. The molecule has 0 aliphatic carbocycles. The zero-order chi connectivity index (χ0) is 20.5. The van der Waals surface area contributed by atoms with Crippen LogP contribution in [0.4, 0.5) is 5.69 Å². The van der Waals surface area contributed by atoms with E-state index in [4.69, 9.17) is 10.00 Å². The Morgan fingerprint density at radius 2 is 2.03 bits per heavy atom. The number of pyridine rings is 1. The predicted molar refractivity (Wildman–Crippen MR) is 101 cm³/mol. The SMILES string of the molecule is N#CNC(=NCCOc1nonc1S(=O)(=O)c1ccccc1)Nc1cccnc1. The minimum absolute atomic E-state index is 0.0309.